The van der Waals surface area contributed by atoms with E-state index in [1.807, 2.05) is 54.7 Å². The predicted molar refractivity (Wildman–Crippen MR) is 103 cm³/mol. The average molecular weight is 338 g/mol. The smallest absolute Gasteiger partial charge is 0.239 e. The normalized spacial score (nSPS) is 33.1. The highest BCUT2D eigenvalue weighted by Crippen LogP contribution is 2.87. The van der Waals surface area contributed by atoms with Crippen molar-refractivity contribution in [2.45, 2.75) is 0 Å². The molecule has 20 heavy (non-hydrogen) atoms. The molecule has 0 radical (unpaired) electrons. The summed E-state index contributed by atoms with van der Waals surface area (Å²) in [4.78, 5) is 0. The average Bonchev–Trinajstić information content (AvgIpc) is 2.56. The zero-order chi connectivity index (χ0) is 13.8. The van der Waals surface area contributed by atoms with Gasteiger partial charge in [-0.05, 0) is 32.3 Å². The van der Waals surface area contributed by atoms with Crippen LogP contribution in [-0.2, 0) is 4.57 Å². The maximum Gasteiger partial charge on any atom is 0.239 e. The first-order valence-electron chi connectivity index (χ1n) is 6.14. The third-order valence-electron chi connectivity index (χ3n) is 2.75. The standard InChI is InChI=1S/C15H15OPS3/c16-17(18-10-4-1-5-11-18,19-12-6-2-7-13-19)20-14-8-3-9-15-20/h1-15H. The summed E-state index contributed by atoms with van der Waals surface area (Å²) in [5.41, 5.74) is 0. The fraction of sp³-hybridized carbons (Fsp3) is 0. The fourth-order valence-corrected chi connectivity index (χ4v) is 21.6. The minimum absolute atomic E-state index is 0.288. The first kappa shape index (κ1) is 14.3. The number of rotatable bonds is 3. The fourth-order valence-electron chi connectivity index (χ4n) is 1.83. The second kappa shape index (κ2) is 6.40. The highest BCUT2D eigenvalue weighted by atomic mass is 33.4. The van der Waals surface area contributed by atoms with Gasteiger partial charge in [-0.2, -0.15) is 0 Å². The van der Waals surface area contributed by atoms with E-state index in [1.165, 1.54) is 0 Å². The molecule has 0 bridgehead atoms. The quantitative estimate of drug-likeness (QED) is 0.486. The molecular formula is C15H15OPS3. The Balaban J connectivity index is 2.18. The van der Waals surface area contributed by atoms with E-state index in [4.69, 9.17) is 0 Å². The van der Waals surface area contributed by atoms with Crippen LogP contribution in [0.2, 0.25) is 0 Å². The zero-order valence-corrected chi connectivity index (χ0v) is 14.1. The summed E-state index contributed by atoms with van der Waals surface area (Å²) in [6.45, 7) is 0. The van der Waals surface area contributed by atoms with Gasteiger partial charge in [0.05, 0.1) is 0 Å². The monoisotopic (exact) mass is 338 g/mol. The zero-order valence-electron chi connectivity index (χ0n) is 10.7. The van der Waals surface area contributed by atoms with Gasteiger partial charge in [-0.25, -0.2) is 0 Å². The first-order valence-corrected chi connectivity index (χ1v) is 13.7. The number of allylic oxidation sites excluding steroid dienone is 9. The summed E-state index contributed by atoms with van der Waals surface area (Å²) >= 11 is 0. The molecule has 0 aromatic heterocycles. The summed E-state index contributed by atoms with van der Waals surface area (Å²) in [5, 5.41) is 12.7. The molecule has 104 valence electrons. The molecule has 0 aliphatic carbocycles. The van der Waals surface area contributed by atoms with Gasteiger partial charge < -0.3 is 0 Å². The topological polar surface area (TPSA) is 17.1 Å². The Labute approximate surface area is 126 Å². The lowest BCUT2D eigenvalue weighted by Gasteiger charge is -2.26. The Morgan fingerprint density at radius 2 is 0.850 bits per heavy atom. The molecule has 0 saturated carbocycles. The van der Waals surface area contributed by atoms with Crippen LogP contribution in [-0.4, -0.2) is 16.1 Å². The lowest BCUT2D eigenvalue weighted by atomic mass is 10.5. The van der Waals surface area contributed by atoms with Crippen LogP contribution in [0.5, 0.6) is 0 Å². The molecule has 1 nitrogen and oxygen atoms in total. The SMILES string of the molecule is O=P(S1=CC=CC=C1)(S1=CC=CC=C1)S1=CC=CC=C1. The van der Waals surface area contributed by atoms with Gasteiger partial charge in [0.1, 0.15) is 0 Å². The molecule has 5 heteroatoms. The van der Waals surface area contributed by atoms with Crippen LogP contribution in [0, 0.1) is 0 Å². The van der Waals surface area contributed by atoms with Crippen LogP contribution in [0.4, 0.5) is 0 Å². The molecular weight excluding hydrogens is 323 g/mol. The Morgan fingerprint density at radius 3 is 1.10 bits per heavy atom. The third-order valence-corrected chi connectivity index (χ3v) is 23.0. The molecule has 3 atom stereocenters. The second-order valence-corrected chi connectivity index (χ2v) is 19.1. The van der Waals surface area contributed by atoms with Crippen molar-refractivity contribution in [2.24, 2.45) is 0 Å². The second-order valence-electron chi connectivity index (χ2n) is 4.04. The van der Waals surface area contributed by atoms with Crippen molar-refractivity contribution in [2.75, 3.05) is 0 Å². The maximum atomic E-state index is 14.0. The van der Waals surface area contributed by atoms with Crippen molar-refractivity contribution >= 4 is 51.2 Å². The van der Waals surface area contributed by atoms with Crippen molar-refractivity contribution in [3.63, 3.8) is 0 Å². The molecule has 3 heterocycles. The van der Waals surface area contributed by atoms with Crippen LogP contribution in [0.3, 0.4) is 0 Å². The lowest BCUT2D eigenvalue weighted by Crippen LogP contribution is -1.83. The van der Waals surface area contributed by atoms with Crippen LogP contribution in [0.15, 0.2) is 70.9 Å². The molecule has 0 spiro atoms. The van der Waals surface area contributed by atoms with Gasteiger partial charge >= 0.3 is 0 Å². The molecule has 3 rings (SSSR count). The highest BCUT2D eigenvalue weighted by molar-refractivity contribution is 9.23. The molecule has 0 saturated heterocycles. The van der Waals surface area contributed by atoms with Crippen LogP contribution in [0.25, 0.3) is 0 Å². The minimum atomic E-state index is -2.44. The number of hydrogen-bond acceptors (Lipinski definition) is 1. The van der Waals surface area contributed by atoms with E-state index in [9.17, 15) is 4.57 Å². The Hall–Kier alpha value is -0.670. The van der Waals surface area contributed by atoms with Crippen molar-refractivity contribution in [3.05, 3.63) is 70.9 Å². The van der Waals surface area contributed by atoms with Gasteiger partial charge in [-0.1, -0.05) is 85.0 Å². The minimum Gasteiger partial charge on any atom is -0.289 e. The molecule has 0 aromatic rings. The molecule has 3 aliphatic rings. The summed E-state index contributed by atoms with van der Waals surface area (Å²) < 4.78 is 11.5. The molecule has 0 amide bonds. The largest absolute Gasteiger partial charge is 0.289 e. The number of hydrogen-bond donors (Lipinski definition) is 0. The Kier molecular flexibility index (Phi) is 4.57. The van der Waals surface area contributed by atoms with Gasteiger partial charge in [0, 0.05) is 0 Å². The van der Waals surface area contributed by atoms with Crippen molar-refractivity contribution in [1.82, 2.24) is 0 Å². The van der Waals surface area contributed by atoms with Gasteiger partial charge in [0.25, 0.3) is 0 Å². The molecule has 0 aromatic carbocycles. The lowest BCUT2D eigenvalue weighted by molar-refractivity contribution is 0.601. The maximum absolute atomic E-state index is 14.0. The van der Waals surface area contributed by atoms with E-state index in [-0.39, 0.29) is 30.3 Å². The van der Waals surface area contributed by atoms with Gasteiger partial charge in [-0.15, -0.1) is 0 Å². The van der Waals surface area contributed by atoms with E-state index < -0.39 is 4.75 Å². The van der Waals surface area contributed by atoms with E-state index in [0.717, 1.165) is 0 Å². The highest BCUT2D eigenvalue weighted by Gasteiger charge is 2.31. The van der Waals surface area contributed by atoms with Crippen molar-refractivity contribution in [1.29, 1.82) is 0 Å². The van der Waals surface area contributed by atoms with Gasteiger partial charge in [0.2, 0.25) is 4.75 Å². The summed E-state index contributed by atoms with van der Waals surface area (Å²) in [5.74, 6) is 0. The van der Waals surface area contributed by atoms with Gasteiger partial charge in [-0.3, -0.25) is 4.57 Å². The summed E-state index contributed by atoms with van der Waals surface area (Å²) in [7, 11) is -0.864. The van der Waals surface area contributed by atoms with Crippen molar-refractivity contribution < 1.29 is 4.57 Å². The van der Waals surface area contributed by atoms with E-state index >= 15 is 0 Å². The first-order chi connectivity index (χ1) is 9.82. The van der Waals surface area contributed by atoms with E-state index in [2.05, 4.69) is 32.3 Å². The van der Waals surface area contributed by atoms with Crippen LogP contribution >= 0.6 is 35.1 Å². The van der Waals surface area contributed by atoms with E-state index in [0.29, 0.717) is 0 Å². The van der Waals surface area contributed by atoms with Crippen LogP contribution in [0.1, 0.15) is 0 Å². The predicted octanol–water partition coefficient (Wildman–Crippen LogP) is 5.56. The van der Waals surface area contributed by atoms with E-state index in [1.54, 1.807) is 0 Å². The summed E-state index contributed by atoms with van der Waals surface area (Å²) in [6.07, 6.45) is 18.1. The van der Waals surface area contributed by atoms with Gasteiger partial charge in [0.15, 0.2) is 0 Å². The third kappa shape index (κ3) is 2.71. The molecule has 3 unspecified atom stereocenters. The molecule has 0 fully saturated rings. The van der Waals surface area contributed by atoms with Crippen molar-refractivity contribution in [3.8, 4) is 0 Å². The van der Waals surface area contributed by atoms with Crippen LogP contribution < -0.4 is 0 Å². The molecule has 0 N–H and O–H groups in total. The Bertz CT molecular complexity index is 643. The summed E-state index contributed by atoms with van der Waals surface area (Å²) in [6, 6.07) is 0. The molecule has 3 aliphatic heterocycles. The Morgan fingerprint density at radius 1 is 0.500 bits per heavy atom.